The number of rotatable bonds is 4. The number of hydrogen-bond acceptors (Lipinski definition) is 5. The molecule has 0 aliphatic rings. The number of nitrogens with zero attached hydrogens (tertiary/aromatic N) is 5. The summed E-state index contributed by atoms with van der Waals surface area (Å²) >= 11 is 0. The molecule has 0 saturated heterocycles. The van der Waals surface area contributed by atoms with Crippen LogP contribution in [-0.2, 0) is 0 Å². The van der Waals surface area contributed by atoms with Crippen molar-refractivity contribution in [1.82, 2.24) is 25.1 Å². The molecule has 0 bridgehead atoms. The summed E-state index contributed by atoms with van der Waals surface area (Å²) in [5.74, 6) is 0.153. The summed E-state index contributed by atoms with van der Waals surface area (Å²) in [4.78, 5) is 8.25. The van der Waals surface area contributed by atoms with Crippen molar-refractivity contribution in [2.24, 2.45) is 0 Å². The van der Waals surface area contributed by atoms with Crippen molar-refractivity contribution >= 4 is 0 Å². The number of aromatic nitrogens is 4. The van der Waals surface area contributed by atoms with Gasteiger partial charge in [-0.2, -0.15) is 5.26 Å². The molecule has 2 heterocycles. The lowest BCUT2D eigenvalue weighted by Crippen LogP contribution is -2.16. The first kappa shape index (κ1) is 12.2. The Morgan fingerprint density at radius 3 is 2.78 bits per heavy atom. The van der Waals surface area contributed by atoms with E-state index in [1.165, 1.54) is 11.0 Å². The number of hydrogen-bond donors (Lipinski definition) is 1. The van der Waals surface area contributed by atoms with Crippen LogP contribution in [0.15, 0.2) is 24.7 Å². The highest BCUT2D eigenvalue weighted by Crippen LogP contribution is 2.14. The first-order valence-corrected chi connectivity index (χ1v) is 5.73. The van der Waals surface area contributed by atoms with Crippen LogP contribution < -0.4 is 5.32 Å². The summed E-state index contributed by atoms with van der Waals surface area (Å²) in [6, 6.07) is 6.01. The van der Waals surface area contributed by atoms with Crippen molar-refractivity contribution in [3.8, 4) is 11.8 Å². The van der Waals surface area contributed by atoms with Gasteiger partial charge >= 0.3 is 0 Å². The molecule has 2 rings (SSSR count). The van der Waals surface area contributed by atoms with Gasteiger partial charge in [-0.3, -0.25) is 4.98 Å². The summed E-state index contributed by atoms with van der Waals surface area (Å²) in [7, 11) is 1.92. The van der Waals surface area contributed by atoms with Gasteiger partial charge in [0.2, 0.25) is 0 Å². The van der Waals surface area contributed by atoms with E-state index < -0.39 is 0 Å². The molecule has 1 unspecified atom stereocenters. The number of pyridine rings is 1. The van der Waals surface area contributed by atoms with E-state index in [4.69, 9.17) is 5.26 Å². The number of nitriles is 1. The first-order chi connectivity index (χ1) is 8.78. The zero-order valence-electron chi connectivity index (χ0n) is 10.3. The van der Waals surface area contributed by atoms with Crippen LogP contribution in [0.3, 0.4) is 0 Å². The van der Waals surface area contributed by atoms with E-state index in [1.807, 2.05) is 25.2 Å². The van der Waals surface area contributed by atoms with Gasteiger partial charge in [-0.05, 0) is 25.6 Å². The van der Waals surface area contributed by atoms with Crippen LogP contribution in [0.1, 0.15) is 30.9 Å². The summed E-state index contributed by atoms with van der Waals surface area (Å²) in [6.45, 7) is 2.10. The normalized spacial score (nSPS) is 12.1. The van der Waals surface area contributed by atoms with Gasteiger partial charge in [0.05, 0.1) is 17.6 Å². The molecule has 0 amide bonds. The van der Waals surface area contributed by atoms with Crippen molar-refractivity contribution in [1.29, 1.82) is 5.26 Å². The van der Waals surface area contributed by atoms with Gasteiger partial charge in [0, 0.05) is 6.04 Å². The van der Waals surface area contributed by atoms with Crippen LogP contribution in [0.4, 0.5) is 0 Å². The van der Waals surface area contributed by atoms with Crippen molar-refractivity contribution in [3.05, 3.63) is 36.2 Å². The van der Waals surface area contributed by atoms with Crippen molar-refractivity contribution in [2.75, 3.05) is 7.05 Å². The Labute approximate surface area is 105 Å². The second-order valence-electron chi connectivity index (χ2n) is 3.82. The number of nitrogens with one attached hydrogen (secondary N) is 1. The van der Waals surface area contributed by atoms with E-state index in [-0.39, 0.29) is 11.9 Å². The fourth-order valence-electron chi connectivity index (χ4n) is 1.74. The maximum atomic E-state index is 8.67. The molecule has 18 heavy (non-hydrogen) atoms. The molecule has 2 aromatic heterocycles. The highest BCUT2D eigenvalue weighted by atomic mass is 15.3. The highest BCUT2D eigenvalue weighted by molar-refractivity contribution is 5.29. The molecule has 0 aliphatic heterocycles. The quantitative estimate of drug-likeness (QED) is 0.871. The minimum absolute atomic E-state index is 0.153. The molecular formula is C12H14N6. The Morgan fingerprint density at radius 2 is 2.28 bits per heavy atom. The standard InChI is InChI=1S/C12H14N6/c1-3-10(14-2)11-5-4-9(7-15-11)18-8-16-12(6-13)17-18/h4-5,7-8,10,14H,3H2,1-2H3. The fourth-order valence-corrected chi connectivity index (χ4v) is 1.74. The summed E-state index contributed by atoms with van der Waals surface area (Å²) < 4.78 is 1.54. The topological polar surface area (TPSA) is 79.4 Å². The molecule has 92 valence electrons. The lowest BCUT2D eigenvalue weighted by molar-refractivity contribution is 0.561. The smallest absolute Gasteiger partial charge is 0.252 e. The Bertz CT molecular complexity index is 547. The second-order valence-corrected chi connectivity index (χ2v) is 3.82. The van der Waals surface area contributed by atoms with E-state index >= 15 is 0 Å². The third-order valence-electron chi connectivity index (χ3n) is 2.74. The van der Waals surface area contributed by atoms with E-state index in [0.717, 1.165) is 17.8 Å². The summed E-state index contributed by atoms with van der Waals surface area (Å²) in [5, 5.41) is 15.9. The predicted octanol–water partition coefficient (Wildman–Crippen LogP) is 1.20. The van der Waals surface area contributed by atoms with Crippen LogP contribution in [0.25, 0.3) is 5.69 Å². The average molecular weight is 242 g/mol. The monoisotopic (exact) mass is 242 g/mol. The van der Waals surface area contributed by atoms with Crippen LogP contribution in [-0.4, -0.2) is 26.8 Å². The van der Waals surface area contributed by atoms with Crippen LogP contribution >= 0.6 is 0 Å². The molecule has 0 spiro atoms. The van der Waals surface area contributed by atoms with E-state index in [2.05, 4.69) is 27.3 Å². The average Bonchev–Trinajstić information content (AvgIpc) is 2.90. The maximum absolute atomic E-state index is 8.67. The van der Waals surface area contributed by atoms with Gasteiger partial charge < -0.3 is 5.32 Å². The molecule has 0 radical (unpaired) electrons. The minimum atomic E-state index is 0.153. The van der Waals surface area contributed by atoms with Crippen LogP contribution in [0, 0.1) is 11.3 Å². The highest BCUT2D eigenvalue weighted by Gasteiger charge is 2.08. The third kappa shape index (κ3) is 2.36. The Balaban J connectivity index is 2.24. The molecule has 6 heteroatoms. The first-order valence-electron chi connectivity index (χ1n) is 5.73. The molecule has 0 aliphatic carbocycles. The largest absolute Gasteiger partial charge is 0.312 e. The van der Waals surface area contributed by atoms with E-state index in [0.29, 0.717) is 0 Å². The molecule has 0 aromatic carbocycles. The van der Waals surface area contributed by atoms with Gasteiger partial charge in [-0.25, -0.2) is 9.67 Å². The summed E-state index contributed by atoms with van der Waals surface area (Å²) in [5.41, 5.74) is 1.78. The van der Waals surface area contributed by atoms with E-state index in [1.54, 1.807) is 6.20 Å². The fraction of sp³-hybridized carbons (Fsp3) is 0.333. The second kappa shape index (κ2) is 5.38. The molecule has 1 atom stereocenters. The van der Waals surface area contributed by atoms with Gasteiger partial charge in [0.1, 0.15) is 12.4 Å². The van der Waals surface area contributed by atoms with Gasteiger partial charge in [0.15, 0.2) is 0 Å². The molecule has 0 fully saturated rings. The van der Waals surface area contributed by atoms with Crippen molar-refractivity contribution in [2.45, 2.75) is 19.4 Å². The van der Waals surface area contributed by atoms with Crippen LogP contribution in [0.2, 0.25) is 0 Å². The van der Waals surface area contributed by atoms with Gasteiger partial charge in [0.25, 0.3) is 5.82 Å². The Hall–Kier alpha value is -2.26. The van der Waals surface area contributed by atoms with Crippen molar-refractivity contribution < 1.29 is 0 Å². The predicted molar refractivity (Wildman–Crippen MR) is 66.0 cm³/mol. The molecule has 0 saturated carbocycles. The molecule has 6 nitrogen and oxygen atoms in total. The SMILES string of the molecule is CCC(NC)c1ccc(-n2cnc(C#N)n2)cn1. The third-order valence-corrected chi connectivity index (χ3v) is 2.74. The molecule has 2 aromatic rings. The zero-order valence-corrected chi connectivity index (χ0v) is 10.3. The van der Waals surface area contributed by atoms with E-state index in [9.17, 15) is 0 Å². The zero-order chi connectivity index (χ0) is 13.0. The van der Waals surface area contributed by atoms with Crippen molar-refractivity contribution in [3.63, 3.8) is 0 Å². The Kier molecular flexibility index (Phi) is 3.65. The summed E-state index contributed by atoms with van der Waals surface area (Å²) in [6.07, 6.45) is 4.21. The molecule has 1 N–H and O–H groups in total. The van der Waals surface area contributed by atoms with Gasteiger partial charge in [-0.15, -0.1) is 5.10 Å². The van der Waals surface area contributed by atoms with Crippen LogP contribution in [0.5, 0.6) is 0 Å². The lowest BCUT2D eigenvalue weighted by Gasteiger charge is -2.13. The minimum Gasteiger partial charge on any atom is -0.312 e. The molecular weight excluding hydrogens is 228 g/mol. The van der Waals surface area contributed by atoms with Gasteiger partial charge in [-0.1, -0.05) is 6.92 Å². The Morgan fingerprint density at radius 1 is 1.44 bits per heavy atom. The maximum Gasteiger partial charge on any atom is 0.252 e. The lowest BCUT2D eigenvalue weighted by atomic mass is 10.1.